The molecule has 1 spiro atoms. The Labute approximate surface area is 178 Å². The Kier molecular flexibility index (Phi) is 5.08. The Balaban J connectivity index is 1.46. The van der Waals surface area contributed by atoms with Crippen LogP contribution in [-0.4, -0.2) is 42.4 Å². The number of amides is 1. The average Bonchev–Trinajstić information content (AvgIpc) is 2.73. The molecule has 4 rings (SSSR count). The van der Waals surface area contributed by atoms with Gasteiger partial charge >= 0.3 is 0 Å². The van der Waals surface area contributed by atoms with E-state index in [2.05, 4.69) is 20.8 Å². The molecule has 0 aromatic heterocycles. The van der Waals surface area contributed by atoms with Gasteiger partial charge in [0.1, 0.15) is 17.1 Å². The minimum Gasteiger partial charge on any atom is -0.497 e. The fourth-order valence-corrected chi connectivity index (χ4v) is 4.29. The van der Waals surface area contributed by atoms with Crippen molar-refractivity contribution in [3.05, 3.63) is 59.2 Å². The van der Waals surface area contributed by atoms with Crippen LogP contribution in [0.1, 0.15) is 66.3 Å². The first-order valence-corrected chi connectivity index (χ1v) is 10.5. The normalized spacial score (nSPS) is 18.0. The van der Waals surface area contributed by atoms with Crippen molar-refractivity contribution in [1.29, 1.82) is 0 Å². The third-order valence-electron chi connectivity index (χ3n) is 6.26. The number of carbonyl (C=O) groups is 2. The summed E-state index contributed by atoms with van der Waals surface area (Å²) >= 11 is 0. The smallest absolute Gasteiger partial charge is 0.253 e. The molecule has 0 radical (unpaired) electrons. The van der Waals surface area contributed by atoms with Crippen molar-refractivity contribution in [2.24, 2.45) is 0 Å². The van der Waals surface area contributed by atoms with E-state index in [4.69, 9.17) is 9.47 Å². The number of Topliss-reactive ketones (excluding diaryl/α,β-unsaturated/α-hetero) is 1. The third kappa shape index (κ3) is 3.81. The number of piperidine rings is 1. The van der Waals surface area contributed by atoms with E-state index in [0.717, 1.165) is 0 Å². The van der Waals surface area contributed by atoms with Gasteiger partial charge in [-0.25, -0.2) is 0 Å². The maximum absolute atomic E-state index is 13.0. The van der Waals surface area contributed by atoms with E-state index < -0.39 is 5.60 Å². The van der Waals surface area contributed by atoms with E-state index in [-0.39, 0.29) is 17.1 Å². The topological polar surface area (TPSA) is 55.8 Å². The molecule has 30 heavy (non-hydrogen) atoms. The van der Waals surface area contributed by atoms with E-state index in [1.54, 1.807) is 25.3 Å². The molecular weight excluding hydrogens is 378 g/mol. The van der Waals surface area contributed by atoms with Crippen LogP contribution in [0.25, 0.3) is 0 Å². The SMILES string of the molecule is COc1ccc2c(c1)OC1(CCN(C(=O)c3ccc(C(C)(C)C)cc3)CC1)CC2=O. The van der Waals surface area contributed by atoms with Gasteiger partial charge in [0.25, 0.3) is 5.91 Å². The maximum atomic E-state index is 13.0. The number of likely N-dealkylation sites (tertiary alicyclic amines) is 1. The van der Waals surface area contributed by atoms with Gasteiger partial charge in [0.2, 0.25) is 0 Å². The third-order valence-corrected chi connectivity index (χ3v) is 6.26. The van der Waals surface area contributed by atoms with Crippen LogP contribution in [-0.2, 0) is 5.41 Å². The minimum absolute atomic E-state index is 0.0366. The summed E-state index contributed by atoms with van der Waals surface area (Å²) in [5, 5.41) is 0. The van der Waals surface area contributed by atoms with Crippen LogP contribution in [0.5, 0.6) is 11.5 Å². The average molecular weight is 408 g/mol. The monoisotopic (exact) mass is 407 g/mol. The molecular formula is C25H29NO4. The highest BCUT2D eigenvalue weighted by molar-refractivity contribution is 6.00. The van der Waals surface area contributed by atoms with Crippen LogP contribution in [0, 0.1) is 0 Å². The molecule has 1 saturated heterocycles. The number of fused-ring (bicyclic) bond motifs is 1. The standard InChI is InChI=1S/C25H29NO4/c1-24(2,3)18-7-5-17(6-8-18)23(28)26-13-11-25(12-14-26)16-21(27)20-10-9-19(29-4)15-22(20)30-25/h5-10,15H,11-14,16H2,1-4H3. The molecule has 1 amide bonds. The lowest BCUT2D eigenvalue weighted by Crippen LogP contribution is -2.52. The van der Waals surface area contributed by atoms with Gasteiger partial charge in [0.05, 0.1) is 19.1 Å². The lowest BCUT2D eigenvalue weighted by atomic mass is 9.82. The second-order valence-electron chi connectivity index (χ2n) is 9.37. The summed E-state index contributed by atoms with van der Waals surface area (Å²) in [6.45, 7) is 7.63. The number of carbonyl (C=O) groups excluding carboxylic acids is 2. The van der Waals surface area contributed by atoms with E-state index >= 15 is 0 Å². The first-order chi connectivity index (χ1) is 14.2. The highest BCUT2D eigenvalue weighted by atomic mass is 16.5. The van der Waals surface area contributed by atoms with Gasteiger partial charge in [-0.3, -0.25) is 9.59 Å². The van der Waals surface area contributed by atoms with Gasteiger partial charge in [-0.15, -0.1) is 0 Å². The number of ketones is 1. The summed E-state index contributed by atoms with van der Waals surface area (Å²) in [7, 11) is 1.60. The number of benzene rings is 2. The van der Waals surface area contributed by atoms with Crippen molar-refractivity contribution in [1.82, 2.24) is 4.90 Å². The first kappa shape index (κ1) is 20.5. The lowest BCUT2D eigenvalue weighted by Gasteiger charge is -2.44. The van der Waals surface area contributed by atoms with Crippen LogP contribution in [0.4, 0.5) is 0 Å². The molecule has 0 aliphatic carbocycles. The predicted octanol–water partition coefficient (Wildman–Crippen LogP) is 4.63. The number of hydrogen-bond donors (Lipinski definition) is 0. The van der Waals surface area contributed by atoms with E-state index in [1.165, 1.54) is 5.56 Å². The number of methoxy groups -OCH3 is 1. The van der Waals surface area contributed by atoms with Gasteiger partial charge in [0.15, 0.2) is 5.78 Å². The van der Waals surface area contributed by atoms with Crippen LogP contribution in [0.15, 0.2) is 42.5 Å². The van der Waals surface area contributed by atoms with Crippen LogP contribution >= 0.6 is 0 Å². The molecule has 5 heteroatoms. The number of hydrogen-bond acceptors (Lipinski definition) is 4. The zero-order valence-electron chi connectivity index (χ0n) is 18.2. The molecule has 0 saturated carbocycles. The van der Waals surface area contributed by atoms with Crippen molar-refractivity contribution < 1.29 is 19.1 Å². The molecule has 1 fully saturated rings. The van der Waals surface area contributed by atoms with Crippen molar-refractivity contribution >= 4 is 11.7 Å². The second kappa shape index (κ2) is 7.46. The Bertz CT molecular complexity index is 964. The maximum Gasteiger partial charge on any atom is 0.253 e. The van der Waals surface area contributed by atoms with Crippen LogP contribution < -0.4 is 9.47 Å². The minimum atomic E-state index is -0.538. The van der Waals surface area contributed by atoms with E-state index in [9.17, 15) is 9.59 Å². The fraction of sp³-hybridized carbons (Fsp3) is 0.440. The number of nitrogens with zero attached hydrogens (tertiary/aromatic N) is 1. The largest absolute Gasteiger partial charge is 0.497 e. The zero-order chi connectivity index (χ0) is 21.5. The molecule has 2 heterocycles. The van der Waals surface area contributed by atoms with Gasteiger partial charge < -0.3 is 14.4 Å². The highest BCUT2D eigenvalue weighted by Gasteiger charge is 2.43. The lowest BCUT2D eigenvalue weighted by molar-refractivity contribution is -0.00581. The molecule has 2 aliphatic heterocycles. The Morgan fingerprint density at radius 1 is 1.07 bits per heavy atom. The van der Waals surface area contributed by atoms with Crippen molar-refractivity contribution in [3.8, 4) is 11.5 Å². The van der Waals surface area contributed by atoms with E-state index in [1.807, 2.05) is 29.2 Å². The molecule has 0 bridgehead atoms. The Hall–Kier alpha value is -2.82. The summed E-state index contributed by atoms with van der Waals surface area (Å²) in [4.78, 5) is 27.6. The molecule has 0 N–H and O–H groups in total. The van der Waals surface area contributed by atoms with Crippen molar-refractivity contribution in [3.63, 3.8) is 0 Å². The summed E-state index contributed by atoms with van der Waals surface area (Å²) in [6.07, 6.45) is 1.64. The fourth-order valence-electron chi connectivity index (χ4n) is 4.29. The second-order valence-corrected chi connectivity index (χ2v) is 9.37. The first-order valence-electron chi connectivity index (χ1n) is 10.5. The Morgan fingerprint density at radius 2 is 1.73 bits per heavy atom. The van der Waals surface area contributed by atoms with E-state index in [0.29, 0.717) is 55.0 Å². The summed E-state index contributed by atoms with van der Waals surface area (Å²) in [5.74, 6) is 1.39. The summed E-state index contributed by atoms with van der Waals surface area (Å²) < 4.78 is 11.6. The van der Waals surface area contributed by atoms with Crippen LogP contribution in [0.2, 0.25) is 0 Å². The Morgan fingerprint density at radius 3 is 2.33 bits per heavy atom. The number of ether oxygens (including phenoxy) is 2. The molecule has 5 nitrogen and oxygen atoms in total. The molecule has 2 aromatic carbocycles. The van der Waals surface area contributed by atoms with Gasteiger partial charge in [-0.05, 0) is 35.2 Å². The van der Waals surface area contributed by atoms with Gasteiger partial charge in [-0.2, -0.15) is 0 Å². The zero-order valence-corrected chi connectivity index (χ0v) is 18.2. The number of rotatable bonds is 2. The highest BCUT2D eigenvalue weighted by Crippen LogP contribution is 2.41. The van der Waals surface area contributed by atoms with Gasteiger partial charge in [-0.1, -0.05) is 32.9 Å². The quantitative estimate of drug-likeness (QED) is 0.728. The molecule has 0 unspecified atom stereocenters. The van der Waals surface area contributed by atoms with Crippen molar-refractivity contribution in [2.45, 2.75) is 51.0 Å². The molecule has 2 aliphatic rings. The summed E-state index contributed by atoms with van der Waals surface area (Å²) in [5.41, 5.74) is 2.04. The predicted molar refractivity (Wildman–Crippen MR) is 116 cm³/mol. The molecule has 0 atom stereocenters. The van der Waals surface area contributed by atoms with Crippen molar-refractivity contribution in [2.75, 3.05) is 20.2 Å². The van der Waals surface area contributed by atoms with Crippen LogP contribution in [0.3, 0.4) is 0 Å². The summed E-state index contributed by atoms with van der Waals surface area (Å²) in [6, 6.07) is 13.2. The molecule has 158 valence electrons. The molecule has 2 aromatic rings. The van der Waals surface area contributed by atoms with Gasteiger partial charge in [0, 0.05) is 37.6 Å².